The average Bonchev–Trinajstić information content (AvgIpc) is 3.28. The Balaban J connectivity index is 1.45. The van der Waals surface area contributed by atoms with Gasteiger partial charge in [-0.05, 0) is 90.0 Å². The Bertz CT molecular complexity index is 1300. The first-order valence-electron chi connectivity index (χ1n) is 11.2. The fourth-order valence-electron chi connectivity index (χ4n) is 4.53. The molecule has 0 unspecified atom stereocenters. The van der Waals surface area contributed by atoms with E-state index in [9.17, 15) is 4.79 Å². The second kappa shape index (κ2) is 9.37. The van der Waals surface area contributed by atoms with Crippen molar-refractivity contribution in [2.75, 3.05) is 36.1 Å². The van der Waals surface area contributed by atoms with Crippen LogP contribution in [0.1, 0.15) is 17.0 Å². The Labute approximate surface area is 212 Å². The molecule has 1 aromatic heterocycles. The lowest BCUT2D eigenvalue weighted by Gasteiger charge is -2.30. The van der Waals surface area contributed by atoms with Crippen LogP contribution in [0.15, 0.2) is 64.8 Å². The first-order chi connectivity index (χ1) is 16.4. The Morgan fingerprint density at radius 2 is 1.76 bits per heavy atom. The summed E-state index contributed by atoms with van der Waals surface area (Å²) in [6.07, 6.45) is 1.88. The number of halogens is 1. The number of benzene rings is 2. The molecule has 5 rings (SSSR count). The molecule has 0 spiro atoms. The number of rotatable bonds is 4. The molecule has 1 amide bonds. The number of nitrogens with one attached hydrogen (secondary N) is 1. The van der Waals surface area contributed by atoms with Gasteiger partial charge >= 0.3 is 0 Å². The van der Waals surface area contributed by atoms with E-state index in [4.69, 9.17) is 17.0 Å². The summed E-state index contributed by atoms with van der Waals surface area (Å²) >= 11 is 9.21. The van der Waals surface area contributed by atoms with Gasteiger partial charge in [0.25, 0.3) is 5.91 Å². The summed E-state index contributed by atoms with van der Waals surface area (Å²) in [5, 5.41) is 3.47. The number of morpholine rings is 1. The molecule has 1 N–H and O–H groups in total. The first kappa shape index (κ1) is 22.8. The van der Waals surface area contributed by atoms with Gasteiger partial charge in [0.2, 0.25) is 0 Å². The van der Waals surface area contributed by atoms with E-state index in [0.717, 1.165) is 59.1 Å². The number of carbonyl (C=O) groups is 1. The lowest BCUT2D eigenvalue weighted by Crippen LogP contribution is -2.36. The van der Waals surface area contributed by atoms with Crippen molar-refractivity contribution in [3.63, 3.8) is 0 Å². The number of para-hydroxylation sites is 1. The van der Waals surface area contributed by atoms with Gasteiger partial charge in [0.1, 0.15) is 5.70 Å². The summed E-state index contributed by atoms with van der Waals surface area (Å²) < 4.78 is 8.74. The van der Waals surface area contributed by atoms with E-state index in [2.05, 4.69) is 68.8 Å². The molecule has 174 valence electrons. The van der Waals surface area contributed by atoms with Crippen LogP contribution in [0.4, 0.5) is 11.4 Å². The van der Waals surface area contributed by atoms with Gasteiger partial charge in [-0.2, -0.15) is 0 Å². The molecule has 0 atom stereocenters. The zero-order valence-corrected chi connectivity index (χ0v) is 21.4. The fourth-order valence-corrected chi connectivity index (χ4v) is 5.44. The molecule has 3 aromatic rings. The Hall–Kier alpha value is -2.94. The minimum absolute atomic E-state index is 0.154. The standard InChI is InChI=1S/C26H25BrN4O2S/c1-17-14-19(15-23-25(32)31(26(34)28-23)20-6-4-3-5-7-20)18(2)30(17)21-8-9-24(22(27)16-21)29-10-12-33-13-11-29/h3-9,14-16H,10-13H2,1-2H3,(H,28,34)/b23-15-. The van der Waals surface area contributed by atoms with Crippen molar-refractivity contribution in [1.82, 2.24) is 9.88 Å². The van der Waals surface area contributed by atoms with Crippen LogP contribution in [0.25, 0.3) is 11.8 Å². The summed E-state index contributed by atoms with van der Waals surface area (Å²) in [5.41, 5.74) is 6.57. The van der Waals surface area contributed by atoms with E-state index in [0.29, 0.717) is 10.8 Å². The monoisotopic (exact) mass is 536 g/mol. The molecule has 6 nitrogen and oxygen atoms in total. The molecule has 2 saturated heterocycles. The maximum absolute atomic E-state index is 13.1. The largest absolute Gasteiger partial charge is 0.378 e. The van der Waals surface area contributed by atoms with E-state index in [1.807, 2.05) is 36.4 Å². The van der Waals surface area contributed by atoms with Crippen molar-refractivity contribution < 1.29 is 9.53 Å². The number of anilines is 2. The molecule has 2 fully saturated rings. The highest BCUT2D eigenvalue weighted by molar-refractivity contribution is 9.10. The molecule has 2 aliphatic heterocycles. The third kappa shape index (κ3) is 4.17. The van der Waals surface area contributed by atoms with Crippen LogP contribution in [0.5, 0.6) is 0 Å². The van der Waals surface area contributed by atoms with Crippen LogP contribution in [0.3, 0.4) is 0 Å². The summed E-state index contributed by atoms with van der Waals surface area (Å²) in [6, 6.07) is 18.0. The number of thiocarbonyl (C=S) groups is 1. The summed E-state index contributed by atoms with van der Waals surface area (Å²) in [6.45, 7) is 7.42. The van der Waals surface area contributed by atoms with E-state index in [1.54, 1.807) is 0 Å². The minimum Gasteiger partial charge on any atom is -0.378 e. The molecule has 2 aromatic carbocycles. The highest BCUT2D eigenvalue weighted by Gasteiger charge is 2.32. The second-order valence-corrected chi connectivity index (χ2v) is 9.60. The van der Waals surface area contributed by atoms with Gasteiger partial charge in [-0.15, -0.1) is 0 Å². The van der Waals surface area contributed by atoms with Crippen molar-refractivity contribution >= 4 is 56.6 Å². The maximum atomic E-state index is 13.1. The zero-order chi connectivity index (χ0) is 23.8. The van der Waals surface area contributed by atoms with Crippen LogP contribution >= 0.6 is 28.1 Å². The number of amides is 1. The van der Waals surface area contributed by atoms with E-state index in [-0.39, 0.29) is 5.91 Å². The molecule has 8 heteroatoms. The third-order valence-corrected chi connectivity index (χ3v) is 7.12. The van der Waals surface area contributed by atoms with Gasteiger partial charge in [-0.1, -0.05) is 18.2 Å². The van der Waals surface area contributed by atoms with Crippen LogP contribution in [-0.4, -0.2) is 41.9 Å². The quantitative estimate of drug-likeness (QED) is 0.377. The van der Waals surface area contributed by atoms with Crippen molar-refractivity contribution in [1.29, 1.82) is 0 Å². The lowest BCUT2D eigenvalue weighted by molar-refractivity contribution is -0.113. The number of ether oxygens (including phenoxy) is 1. The highest BCUT2D eigenvalue weighted by atomic mass is 79.9. The van der Waals surface area contributed by atoms with Crippen molar-refractivity contribution in [2.45, 2.75) is 13.8 Å². The number of nitrogens with zero attached hydrogens (tertiary/aromatic N) is 3. The summed E-state index contributed by atoms with van der Waals surface area (Å²) in [5.74, 6) is -0.154. The zero-order valence-electron chi connectivity index (χ0n) is 19.0. The number of hydrogen-bond donors (Lipinski definition) is 1. The maximum Gasteiger partial charge on any atom is 0.281 e. The molecular weight excluding hydrogens is 512 g/mol. The molecular formula is C26H25BrN4O2S. The number of aromatic nitrogens is 1. The third-order valence-electron chi connectivity index (χ3n) is 6.20. The van der Waals surface area contributed by atoms with E-state index >= 15 is 0 Å². The lowest BCUT2D eigenvalue weighted by atomic mass is 10.2. The normalized spacial score (nSPS) is 17.6. The van der Waals surface area contributed by atoms with Gasteiger partial charge in [-0.25, -0.2) is 0 Å². The minimum atomic E-state index is -0.154. The topological polar surface area (TPSA) is 49.7 Å². The summed E-state index contributed by atoms with van der Waals surface area (Å²) in [7, 11) is 0. The smallest absolute Gasteiger partial charge is 0.281 e. The summed E-state index contributed by atoms with van der Waals surface area (Å²) in [4.78, 5) is 17.0. The Kier molecular flexibility index (Phi) is 6.29. The molecule has 0 bridgehead atoms. The molecule has 0 saturated carbocycles. The van der Waals surface area contributed by atoms with Crippen molar-refractivity contribution in [3.8, 4) is 5.69 Å². The van der Waals surface area contributed by atoms with Crippen molar-refractivity contribution in [2.24, 2.45) is 0 Å². The van der Waals surface area contributed by atoms with Gasteiger partial charge < -0.3 is 19.5 Å². The number of hydrogen-bond acceptors (Lipinski definition) is 4. The van der Waals surface area contributed by atoms with Crippen LogP contribution in [0, 0.1) is 13.8 Å². The highest BCUT2D eigenvalue weighted by Crippen LogP contribution is 2.32. The predicted octanol–water partition coefficient (Wildman–Crippen LogP) is 4.96. The van der Waals surface area contributed by atoms with Gasteiger partial charge in [0, 0.05) is 34.6 Å². The van der Waals surface area contributed by atoms with E-state index in [1.165, 1.54) is 10.6 Å². The van der Waals surface area contributed by atoms with Crippen LogP contribution in [0.2, 0.25) is 0 Å². The molecule has 34 heavy (non-hydrogen) atoms. The fraction of sp³-hybridized carbons (Fsp3) is 0.231. The number of aryl methyl sites for hydroxylation is 1. The first-order valence-corrected chi connectivity index (χ1v) is 12.4. The SMILES string of the molecule is Cc1cc(/C=C2\NC(=S)N(c3ccccc3)C2=O)c(C)n1-c1ccc(N2CCOCC2)c(Br)c1. The van der Waals surface area contributed by atoms with Crippen LogP contribution in [-0.2, 0) is 9.53 Å². The van der Waals surface area contributed by atoms with Gasteiger partial charge in [-0.3, -0.25) is 9.69 Å². The van der Waals surface area contributed by atoms with Gasteiger partial charge in [0.05, 0.1) is 24.6 Å². The number of carbonyl (C=O) groups excluding carboxylic acids is 1. The average molecular weight is 537 g/mol. The second-order valence-electron chi connectivity index (χ2n) is 8.36. The van der Waals surface area contributed by atoms with Gasteiger partial charge in [0.15, 0.2) is 5.11 Å². The van der Waals surface area contributed by atoms with E-state index < -0.39 is 0 Å². The van der Waals surface area contributed by atoms with Crippen molar-refractivity contribution in [3.05, 3.63) is 81.7 Å². The van der Waals surface area contributed by atoms with Crippen LogP contribution < -0.4 is 15.1 Å². The molecule has 0 aliphatic carbocycles. The molecule has 3 heterocycles. The molecule has 0 radical (unpaired) electrons. The molecule has 2 aliphatic rings. The Morgan fingerprint density at radius 3 is 2.47 bits per heavy atom. The predicted molar refractivity (Wildman–Crippen MR) is 144 cm³/mol. The Morgan fingerprint density at radius 1 is 1.03 bits per heavy atom.